The Morgan fingerprint density at radius 2 is 1.77 bits per heavy atom. The van der Waals surface area contributed by atoms with E-state index in [1.54, 1.807) is 0 Å². The van der Waals surface area contributed by atoms with E-state index in [1.165, 1.54) is 7.11 Å². The maximum absolute atomic E-state index is 9.28. The summed E-state index contributed by atoms with van der Waals surface area (Å²) in [7, 11) is 1.30. The summed E-state index contributed by atoms with van der Waals surface area (Å²) in [6.07, 6.45) is -5.91. The molecule has 1 aliphatic heterocycles. The molecular weight excluding hydrogens is 180 g/mol. The fourth-order valence-electron chi connectivity index (χ4n) is 1.26. The minimum atomic E-state index is -1.36. The highest BCUT2D eigenvalue weighted by Gasteiger charge is 2.43. The maximum atomic E-state index is 9.28. The monoisotopic (exact) mass is 194 g/mol. The van der Waals surface area contributed by atoms with Gasteiger partial charge in [0.15, 0.2) is 6.29 Å². The molecule has 0 aliphatic carbocycles. The van der Waals surface area contributed by atoms with Gasteiger partial charge in [-0.05, 0) is 0 Å². The number of hydrogen-bond donors (Lipinski definition) is 4. The quantitative estimate of drug-likeness (QED) is 0.386. The van der Waals surface area contributed by atoms with Crippen LogP contribution in [0.1, 0.15) is 0 Å². The Kier molecular flexibility index (Phi) is 3.60. The van der Waals surface area contributed by atoms with Gasteiger partial charge in [-0.3, -0.25) is 0 Å². The predicted molar refractivity (Wildman–Crippen MR) is 40.8 cm³/mol. The molecule has 1 saturated heterocycles. The number of rotatable bonds is 2. The van der Waals surface area contributed by atoms with Gasteiger partial charge in [-0.2, -0.15) is 0 Å². The van der Waals surface area contributed by atoms with Gasteiger partial charge >= 0.3 is 0 Å². The molecule has 1 rings (SSSR count). The number of aliphatic hydroxyl groups is 4. The first-order chi connectivity index (χ1) is 6.11. The van der Waals surface area contributed by atoms with Crippen molar-refractivity contribution >= 4 is 0 Å². The summed E-state index contributed by atoms with van der Waals surface area (Å²) in [5, 5.41) is 36.6. The lowest BCUT2D eigenvalue weighted by Crippen LogP contribution is -2.58. The lowest BCUT2D eigenvalue weighted by Gasteiger charge is -2.38. The molecule has 1 heterocycles. The smallest absolute Gasteiger partial charge is 0.186 e. The lowest BCUT2D eigenvalue weighted by atomic mass is 9.99. The largest absolute Gasteiger partial charge is 0.394 e. The summed E-state index contributed by atoms with van der Waals surface area (Å²) >= 11 is 0. The average molecular weight is 194 g/mol. The molecule has 5 atom stereocenters. The molecule has 0 bridgehead atoms. The average Bonchev–Trinajstić information content (AvgIpc) is 2.15. The van der Waals surface area contributed by atoms with Crippen LogP contribution in [0.5, 0.6) is 0 Å². The van der Waals surface area contributed by atoms with Gasteiger partial charge in [0, 0.05) is 7.11 Å². The first-order valence-corrected chi connectivity index (χ1v) is 3.95. The third-order valence-electron chi connectivity index (χ3n) is 2.08. The standard InChI is InChI=1S/C7H14O6/c1-12-7-6(11)5(10)4(9)3(2-8)13-7/h3-11H,2H2,1H3/t3-,4+,5-,6-,7+/m0/s1. The summed E-state index contributed by atoms with van der Waals surface area (Å²) in [6.45, 7) is -0.440. The van der Waals surface area contributed by atoms with Gasteiger partial charge in [-0.25, -0.2) is 0 Å². The Bertz CT molecular complexity index is 143. The number of hydrogen-bond acceptors (Lipinski definition) is 6. The summed E-state index contributed by atoms with van der Waals surface area (Å²) < 4.78 is 9.65. The van der Waals surface area contributed by atoms with Gasteiger partial charge in [-0.15, -0.1) is 0 Å². The molecule has 6 nitrogen and oxygen atoms in total. The van der Waals surface area contributed by atoms with Crippen molar-refractivity contribution < 1.29 is 29.9 Å². The van der Waals surface area contributed by atoms with E-state index >= 15 is 0 Å². The highest BCUT2D eigenvalue weighted by Crippen LogP contribution is 2.20. The molecule has 0 aromatic carbocycles. The molecule has 13 heavy (non-hydrogen) atoms. The van der Waals surface area contributed by atoms with Crippen molar-refractivity contribution in [3.8, 4) is 0 Å². The second kappa shape index (κ2) is 4.32. The van der Waals surface area contributed by atoms with E-state index in [2.05, 4.69) is 0 Å². The van der Waals surface area contributed by atoms with E-state index in [-0.39, 0.29) is 0 Å². The third kappa shape index (κ3) is 1.98. The first kappa shape index (κ1) is 10.8. The fraction of sp³-hybridized carbons (Fsp3) is 1.00. The molecule has 0 aromatic rings. The topological polar surface area (TPSA) is 99.4 Å². The Morgan fingerprint density at radius 1 is 1.15 bits per heavy atom. The maximum Gasteiger partial charge on any atom is 0.186 e. The van der Waals surface area contributed by atoms with E-state index in [0.717, 1.165) is 0 Å². The summed E-state index contributed by atoms with van der Waals surface area (Å²) in [6, 6.07) is 0. The van der Waals surface area contributed by atoms with Crippen molar-refractivity contribution in [1.29, 1.82) is 0 Å². The zero-order chi connectivity index (χ0) is 10.0. The van der Waals surface area contributed by atoms with Crippen LogP contribution < -0.4 is 0 Å². The van der Waals surface area contributed by atoms with Gasteiger partial charge in [0.2, 0.25) is 0 Å². The first-order valence-electron chi connectivity index (χ1n) is 3.95. The van der Waals surface area contributed by atoms with E-state index in [4.69, 9.17) is 14.6 Å². The SMILES string of the molecule is CO[C@@H]1O[C@@H](CO)[C@@H](O)[C@H](O)[C@@H]1O. The van der Waals surface area contributed by atoms with Gasteiger partial charge in [-0.1, -0.05) is 0 Å². The van der Waals surface area contributed by atoms with Crippen molar-refractivity contribution in [2.24, 2.45) is 0 Å². The van der Waals surface area contributed by atoms with Crippen LogP contribution in [0.3, 0.4) is 0 Å². The second-order valence-electron chi connectivity index (χ2n) is 2.93. The third-order valence-corrected chi connectivity index (χ3v) is 2.08. The van der Waals surface area contributed by atoms with Crippen LogP contribution in [0.2, 0.25) is 0 Å². The lowest BCUT2D eigenvalue weighted by molar-refractivity contribution is -0.294. The minimum absolute atomic E-state index is 0.440. The number of methoxy groups -OCH3 is 1. The van der Waals surface area contributed by atoms with Crippen LogP contribution >= 0.6 is 0 Å². The molecule has 0 aromatic heterocycles. The van der Waals surface area contributed by atoms with Crippen LogP contribution in [0.4, 0.5) is 0 Å². The molecule has 1 fully saturated rings. The predicted octanol–water partition coefficient (Wildman–Crippen LogP) is -2.57. The summed E-state index contributed by atoms with van der Waals surface area (Å²) in [5.74, 6) is 0. The highest BCUT2D eigenvalue weighted by molar-refractivity contribution is 4.88. The fourth-order valence-corrected chi connectivity index (χ4v) is 1.26. The van der Waals surface area contributed by atoms with Crippen LogP contribution in [0.25, 0.3) is 0 Å². The Hall–Kier alpha value is -0.240. The van der Waals surface area contributed by atoms with E-state index < -0.39 is 37.3 Å². The second-order valence-corrected chi connectivity index (χ2v) is 2.93. The van der Waals surface area contributed by atoms with Gasteiger partial charge in [0.25, 0.3) is 0 Å². The Balaban J connectivity index is 2.66. The highest BCUT2D eigenvalue weighted by atomic mass is 16.7. The molecule has 78 valence electrons. The Labute approximate surface area is 75.3 Å². The van der Waals surface area contributed by atoms with Crippen molar-refractivity contribution in [2.75, 3.05) is 13.7 Å². The van der Waals surface area contributed by atoms with Crippen LogP contribution in [0, 0.1) is 0 Å². The molecule has 0 amide bonds. The van der Waals surface area contributed by atoms with Crippen LogP contribution in [-0.4, -0.2) is 64.8 Å². The number of ether oxygens (including phenoxy) is 2. The summed E-state index contributed by atoms with van der Waals surface area (Å²) in [4.78, 5) is 0. The van der Waals surface area contributed by atoms with E-state index in [1.807, 2.05) is 0 Å². The van der Waals surface area contributed by atoms with E-state index in [0.29, 0.717) is 0 Å². The molecule has 0 spiro atoms. The van der Waals surface area contributed by atoms with Crippen molar-refractivity contribution in [3.63, 3.8) is 0 Å². The Morgan fingerprint density at radius 3 is 2.23 bits per heavy atom. The summed E-state index contributed by atoms with van der Waals surface area (Å²) in [5.41, 5.74) is 0. The number of aliphatic hydroxyl groups excluding tert-OH is 4. The van der Waals surface area contributed by atoms with E-state index in [9.17, 15) is 15.3 Å². The molecule has 0 radical (unpaired) electrons. The van der Waals surface area contributed by atoms with Crippen LogP contribution in [0.15, 0.2) is 0 Å². The van der Waals surface area contributed by atoms with Gasteiger partial charge in [0.05, 0.1) is 6.61 Å². The van der Waals surface area contributed by atoms with Crippen molar-refractivity contribution in [2.45, 2.75) is 30.7 Å². The van der Waals surface area contributed by atoms with Gasteiger partial charge < -0.3 is 29.9 Å². The molecule has 1 aliphatic rings. The van der Waals surface area contributed by atoms with Gasteiger partial charge in [0.1, 0.15) is 24.4 Å². The van der Waals surface area contributed by atoms with Crippen molar-refractivity contribution in [3.05, 3.63) is 0 Å². The molecule has 4 N–H and O–H groups in total. The molecule has 0 saturated carbocycles. The van der Waals surface area contributed by atoms with Crippen LogP contribution in [-0.2, 0) is 9.47 Å². The van der Waals surface area contributed by atoms with Crippen molar-refractivity contribution in [1.82, 2.24) is 0 Å². The zero-order valence-electron chi connectivity index (χ0n) is 7.20. The minimum Gasteiger partial charge on any atom is -0.394 e. The molecule has 6 heteroatoms. The zero-order valence-corrected chi connectivity index (χ0v) is 7.20. The molecular formula is C7H14O6. The normalized spacial score (nSPS) is 46.4. The molecule has 0 unspecified atom stereocenters.